The van der Waals surface area contributed by atoms with E-state index in [0.717, 1.165) is 0 Å². The number of rotatable bonds is 3. The van der Waals surface area contributed by atoms with Crippen molar-refractivity contribution in [2.24, 2.45) is 0 Å². The van der Waals surface area contributed by atoms with Crippen LogP contribution >= 0.6 is 9.07 Å². The first kappa shape index (κ1) is 11.7. The molecule has 0 amide bonds. The van der Waals surface area contributed by atoms with Crippen LogP contribution in [-0.2, 0) is 25.8 Å². The molecule has 0 radical (unpaired) electrons. The Bertz CT molecular complexity index is 23.7. The molecule has 7 heavy (non-hydrogen) atoms. The van der Waals surface area contributed by atoms with Crippen molar-refractivity contribution in [1.29, 1.82) is 0 Å². The second-order valence-electron chi connectivity index (χ2n) is 1.40. The number of halogens is 1. The van der Waals surface area contributed by atoms with Crippen LogP contribution < -0.4 is 0 Å². The summed E-state index contributed by atoms with van der Waals surface area (Å²) in [7, 11) is 5.52. The van der Waals surface area contributed by atoms with Gasteiger partial charge in [-0.2, -0.15) is 0 Å². The number of hydrogen-bond donors (Lipinski definition) is 0. The van der Waals surface area contributed by atoms with Crippen LogP contribution in [0.3, 0.4) is 0 Å². The minimum atomic E-state index is -0.125. The van der Waals surface area contributed by atoms with Gasteiger partial charge in [0.1, 0.15) is 0 Å². The van der Waals surface area contributed by atoms with Crippen molar-refractivity contribution in [3.05, 3.63) is 0 Å². The topological polar surface area (TPSA) is 0 Å². The minimum Gasteiger partial charge on any atom is -0.346 e. The van der Waals surface area contributed by atoms with Crippen LogP contribution in [0.25, 0.3) is 0 Å². The zero-order chi connectivity index (χ0) is 4.83. The fourth-order valence-electron chi connectivity index (χ4n) is 0.344. The third kappa shape index (κ3) is 11.5. The third-order valence-electron chi connectivity index (χ3n) is 0.737. The summed E-state index contributed by atoms with van der Waals surface area (Å²) in [6.45, 7) is 2.20. The van der Waals surface area contributed by atoms with Gasteiger partial charge in [-0.15, -0.1) is 4.55 Å². The summed E-state index contributed by atoms with van der Waals surface area (Å²) < 4.78 is 1.32. The summed E-state index contributed by atoms with van der Waals surface area (Å²) in [5.41, 5.74) is 0. The Kier molecular flexibility index (Phi) is 18.1. The van der Waals surface area contributed by atoms with Crippen molar-refractivity contribution in [1.82, 2.24) is 0 Å². The smallest absolute Gasteiger partial charge is 0.346 e. The normalized spacial score (nSPS) is 6.57. The predicted octanol–water partition coefficient (Wildman–Crippen LogP) is 2.06. The Morgan fingerprint density at radius 1 is 1.57 bits per heavy atom. The average molecular weight is 295 g/mol. The predicted molar refractivity (Wildman–Crippen MR) is 31.3 cm³/mol. The van der Waals surface area contributed by atoms with E-state index in [1.54, 1.807) is 0 Å². The zero-order valence-corrected chi connectivity index (χ0v) is 10.5. The van der Waals surface area contributed by atoms with Gasteiger partial charge in [-0.1, -0.05) is 19.8 Å². The van der Waals surface area contributed by atoms with Crippen LogP contribution in [0.4, 0.5) is 0 Å². The first-order valence-electron chi connectivity index (χ1n) is 2.47. The summed E-state index contributed by atoms with van der Waals surface area (Å²) in [6.07, 6.45) is 2.65. The Hall–Kier alpha value is 1.93. The maximum atomic E-state index is 5.52. The van der Waals surface area contributed by atoms with E-state index in [0.29, 0.717) is 0 Å². The second kappa shape index (κ2) is 10.8. The van der Waals surface area contributed by atoms with E-state index < -0.39 is 0 Å². The average Bonchev–Trinajstić information content (AvgIpc) is 1.61. The van der Waals surface area contributed by atoms with Gasteiger partial charge < -0.3 is 9.07 Å². The first-order valence-corrected chi connectivity index (χ1v) is 5.61. The standard InChI is InChI=1S/C4H9.ClH.Hf.Mg/c1-3-4-2;;;/h1,3-4H2,2H3;1H;;/q;;;+1/p-1. The zero-order valence-electron chi connectivity index (χ0n) is 4.71. The first-order chi connectivity index (χ1) is 2.91. The molecule has 0 atom stereocenters. The van der Waals surface area contributed by atoms with Gasteiger partial charge in [-0.3, -0.25) is 0 Å². The molecule has 0 aliphatic heterocycles. The molecule has 0 saturated carbocycles. The van der Waals surface area contributed by atoms with Gasteiger partial charge in [0.2, 0.25) is 0 Å². The Balaban J connectivity index is 0. The molecule has 0 N–H and O–H groups in total. The van der Waals surface area contributed by atoms with Crippen LogP contribution in [0.1, 0.15) is 19.8 Å². The molecule has 0 aromatic carbocycles. The molecule has 0 aromatic rings. The number of hydrogen-bond acceptors (Lipinski definition) is 0. The SMILES string of the molecule is CCC[CH2][Mg][Cl].[Hf]. The van der Waals surface area contributed by atoms with E-state index in [1.807, 2.05) is 0 Å². The molecule has 0 saturated heterocycles. The molecule has 0 unspecified atom stereocenters. The fourth-order valence-corrected chi connectivity index (χ4v) is 1.60. The molecule has 0 fully saturated rings. The van der Waals surface area contributed by atoms with Crippen LogP contribution in [0.15, 0.2) is 0 Å². The van der Waals surface area contributed by atoms with Crippen molar-refractivity contribution in [2.45, 2.75) is 24.3 Å². The molecule has 3 heteroatoms. The van der Waals surface area contributed by atoms with Crippen molar-refractivity contribution in [3.8, 4) is 0 Å². The molecule has 0 aromatic heterocycles. The fraction of sp³-hybridized carbons (Fsp3) is 1.00. The summed E-state index contributed by atoms with van der Waals surface area (Å²) in [4.78, 5) is 0. The van der Waals surface area contributed by atoms with Crippen molar-refractivity contribution in [2.75, 3.05) is 0 Å². The molecular formula is C4H9ClHfMg. The molecule has 0 heterocycles. The van der Waals surface area contributed by atoms with Crippen LogP contribution in [0.2, 0.25) is 4.55 Å². The van der Waals surface area contributed by atoms with Crippen LogP contribution in [0.5, 0.6) is 0 Å². The molecule has 0 bridgehead atoms. The van der Waals surface area contributed by atoms with E-state index in [2.05, 4.69) is 6.92 Å². The minimum absolute atomic E-state index is 0. The molecular weight excluding hydrogens is 286 g/mol. The largest absolute Gasteiger partial charge is 0.501 e. The summed E-state index contributed by atoms with van der Waals surface area (Å²) in [5, 5.41) is 0. The van der Waals surface area contributed by atoms with E-state index in [1.165, 1.54) is 17.4 Å². The third-order valence-corrected chi connectivity index (χ3v) is 2.31. The van der Waals surface area contributed by atoms with Gasteiger partial charge in [-0.05, 0) is 0 Å². The van der Waals surface area contributed by atoms with Crippen molar-refractivity contribution < 1.29 is 25.8 Å². The second-order valence-corrected chi connectivity index (χ2v) is 3.62. The summed E-state index contributed by atoms with van der Waals surface area (Å²) in [6, 6.07) is 0. The van der Waals surface area contributed by atoms with Crippen LogP contribution in [-0.4, -0.2) is 19.3 Å². The maximum absolute atomic E-state index is 5.52. The number of unbranched alkanes of at least 4 members (excludes halogenated alkanes) is 1. The van der Waals surface area contributed by atoms with Crippen molar-refractivity contribution >= 4 is 28.3 Å². The van der Waals surface area contributed by atoms with E-state index in [4.69, 9.17) is 9.07 Å². The van der Waals surface area contributed by atoms with Crippen molar-refractivity contribution in [3.63, 3.8) is 0 Å². The van der Waals surface area contributed by atoms with E-state index >= 15 is 0 Å². The van der Waals surface area contributed by atoms with Crippen LogP contribution in [0, 0.1) is 0 Å². The molecule has 38 valence electrons. The van der Waals surface area contributed by atoms with Gasteiger partial charge in [-0.25, -0.2) is 0 Å². The molecule has 0 spiro atoms. The Morgan fingerprint density at radius 3 is 2.29 bits per heavy atom. The maximum Gasteiger partial charge on any atom is 0.501 e. The van der Waals surface area contributed by atoms with E-state index in [9.17, 15) is 0 Å². The van der Waals surface area contributed by atoms with Gasteiger partial charge in [0.05, 0.1) is 0 Å². The van der Waals surface area contributed by atoms with Gasteiger partial charge >= 0.3 is 19.3 Å². The van der Waals surface area contributed by atoms with Gasteiger partial charge in [0.25, 0.3) is 0 Å². The monoisotopic (exact) mass is 296 g/mol. The molecule has 0 nitrogen and oxygen atoms in total. The summed E-state index contributed by atoms with van der Waals surface area (Å²) in [5.74, 6) is 0. The summed E-state index contributed by atoms with van der Waals surface area (Å²) >= 11 is -0.125. The molecule has 0 aliphatic rings. The quantitative estimate of drug-likeness (QED) is 0.552. The van der Waals surface area contributed by atoms with Gasteiger partial charge in [0.15, 0.2) is 0 Å². The van der Waals surface area contributed by atoms with Gasteiger partial charge in [0, 0.05) is 25.8 Å². The molecule has 0 aliphatic carbocycles. The van der Waals surface area contributed by atoms with E-state index in [-0.39, 0.29) is 45.1 Å². The molecule has 0 rings (SSSR count). The Labute approximate surface area is 77.7 Å². The Morgan fingerprint density at radius 2 is 2.14 bits per heavy atom.